The van der Waals surface area contributed by atoms with E-state index in [1.165, 1.54) is 6.08 Å². The third-order valence-electron chi connectivity index (χ3n) is 4.99. The highest BCUT2D eigenvalue weighted by Gasteiger charge is 2.36. The smallest absolute Gasteiger partial charge is 0.335 e. The van der Waals surface area contributed by atoms with Gasteiger partial charge in [-0.1, -0.05) is 30.3 Å². The Balaban J connectivity index is 1.37. The summed E-state index contributed by atoms with van der Waals surface area (Å²) in [6, 6.07) is 21.8. The van der Waals surface area contributed by atoms with E-state index in [1.807, 2.05) is 24.3 Å². The van der Waals surface area contributed by atoms with Gasteiger partial charge in [-0.3, -0.25) is 14.9 Å². The van der Waals surface area contributed by atoms with Crippen molar-refractivity contribution in [1.82, 2.24) is 5.32 Å². The lowest BCUT2D eigenvalue weighted by molar-refractivity contribution is -0.122. The first-order valence-electron chi connectivity index (χ1n) is 10.5. The molecule has 8 nitrogen and oxygen atoms in total. The van der Waals surface area contributed by atoms with Crippen LogP contribution in [-0.4, -0.2) is 38.2 Å². The number of hydrogen-bond acceptors (Lipinski definition) is 6. The van der Waals surface area contributed by atoms with Crippen LogP contribution in [0.4, 0.5) is 10.5 Å². The Morgan fingerprint density at radius 3 is 1.91 bits per heavy atom. The third-order valence-corrected chi connectivity index (χ3v) is 4.99. The standard InChI is InChI=1S/C26H22N2O6/c1-32-20-11-13-22(14-12-20)34-16-15-33-21-9-7-18(8-10-21)17-23-24(29)27-26(31)28(25(23)30)19-5-3-2-4-6-19/h2-14,17H,15-16H2,1H3,(H,27,29,31)/b23-17+. The topological polar surface area (TPSA) is 94.2 Å². The van der Waals surface area contributed by atoms with Gasteiger partial charge in [0, 0.05) is 0 Å². The molecule has 0 bridgehead atoms. The van der Waals surface area contributed by atoms with Crippen LogP contribution in [0.3, 0.4) is 0 Å². The second kappa shape index (κ2) is 10.4. The first-order valence-corrected chi connectivity index (χ1v) is 10.5. The number of hydrogen-bond donors (Lipinski definition) is 1. The Morgan fingerprint density at radius 2 is 1.32 bits per heavy atom. The van der Waals surface area contributed by atoms with Gasteiger partial charge in [0.2, 0.25) is 0 Å². The van der Waals surface area contributed by atoms with Crippen molar-refractivity contribution in [1.29, 1.82) is 0 Å². The van der Waals surface area contributed by atoms with Crippen LogP contribution in [0.25, 0.3) is 6.08 Å². The maximum atomic E-state index is 12.9. The SMILES string of the molecule is COc1ccc(OCCOc2ccc(/C=C3\C(=O)NC(=O)N(c4ccccc4)C3=O)cc2)cc1. The Hall–Kier alpha value is -4.59. The molecular formula is C26H22N2O6. The van der Waals surface area contributed by atoms with Crippen LogP contribution >= 0.6 is 0 Å². The molecule has 0 aliphatic carbocycles. The van der Waals surface area contributed by atoms with Crippen LogP contribution in [0.5, 0.6) is 17.2 Å². The van der Waals surface area contributed by atoms with Crippen molar-refractivity contribution in [2.45, 2.75) is 0 Å². The van der Waals surface area contributed by atoms with Gasteiger partial charge in [0.15, 0.2) is 0 Å². The quantitative estimate of drug-likeness (QED) is 0.313. The van der Waals surface area contributed by atoms with Crippen molar-refractivity contribution >= 4 is 29.6 Å². The number of anilines is 1. The maximum absolute atomic E-state index is 12.9. The fraction of sp³-hybridized carbons (Fsp3) is 0.115. The fourth-order valence-electron chi connectivity index (χ4n) is 3.29. The van der Waals surface area contributed by atoms with E-state index >= 15 is 0 Å². The molecule has 4 rings (SSSR count). The first kappa shape index (κ1) is 22.6. The second-order valence-corrected chi connectivity index (χ2v) is 7.23. The minimum Gasteiger partial charge on any atom is -0.497 e. The van der Waals surface area contributed by atoms with Crippen molar-refractivity contribution in [3.8, 4) is 17.2 Å². The number of ether oxygens (including phenoxy) is 3. The Labute approximate surface area is 196 Å². The van der Waals surface area contributed by atoms with Crippen molar-refractivity contribution in [2.75, 3.05) is 25.2 Å². The lowest BCUT2D eigenvalue weighted by atomic mass is 10.1. The Kier molecular flexibility index (Phi) is 6.88. The van der Waals surface area contributed by atoms with Crippen LogP contribution in [0.1, 0.15) is 5.56 Å². The van der Waals surface area contributed by atoms with E-state index in [-0.39, 0.29) is 5.57 Å². The molecule has 1 saturated heterocycles. The normalized spacial score (nSPS) is 14.7. The molecule has 172 valence electrons. The summed E-state index contributed by atoms with van der Waals surface area (Å²) in [6.45, 7) is 0.692. The summed E-state index contributed by atoms with van der Waals surface area (Å²) >= 11 is 0. The lowest BCUT2D eigenvalue weighted by Crippen LogP contribution is -2.54. The number of benzene rings is 3. The minimum absolute atomic E-state index is 0.134. The number of urea groups is 1. The molecule has 1 heterocycles. The average Bonchev–Trinajstić information content (AvgIpc) is 2.86. The van der Waals surface area contributed by atoms with E-state index in [2.05, 4.69) is 5.32 Å². The van der Waals surface area contributed by atoms with Crippen LogP contribution in [0, 0.1) is 0 Å². The molecule has 1 fully saturated rings. The van der Waals surface area contributed by atoms with Crippen molar-refractivity contribution < 1.29 is 28.6 Å². The van der Waals surface area contributed by atoms with Gasteiger partial charge in [-0.25, -0.2) is 9.69 Å². The molecule has 4 amide bonds. The highest BCUT2D eigenvalue weighted by molar-refractivity contribution is 6.39. The fourth-order valence-corrected chi connectivity index (χ4v) is 3.29. The van der Waals surface area contributed by atoms with Gasteiger partial charge in [0.05, 0.1) is 12.8 Å². The number of para-hydroxylation sites is 1. The molecule has 34 heavy (non-hydrogen) atoms. The van der Waals surface area contributed by atoms with Crippen molar-refractivity contribution in [3.63, 3.8) is 0 Å². The van der Waals surface area contributed by atoms with Gasteiger partial charge < -0.3 is 14.2 Å². The summed E-state index contributed by atoms with van der Waals surface area (Å²) < 4.78 is 16.4. The average molecular weight is 458 g/mol. The predicted molar refractivity (Wildman–Crippen MR) is 126 cm³/mol. The molecule has 1 aliphatic heterocycles. The Morgan fingerprint density at radius 1 is 0.765 bits per heavy atom. The Bertz CT molecular complexity index is 1200. The summed E-state index contributed by atoms with van der Waals surface area (Å²) in [5, 5.41) is 2.21. The number of rotatable bonds is 8. The molecular weight excluding hydrogens is 436 g/mol. The van der Waals surface area contributed by atoms with Crippen LogP contribution in [0.15, 0.2) is 84.4 Å². The van der Waals surface area contributed by atoms with Gasteiger partial charge in [0.25, 0.3) is 11.8 Å². The maximum Gasteiger partial charge on any atom is 0.335 e. The number of imide groups is 2. The number of nitrogens with zero attached hydrogens (tertiary/aromatic N) is 1. The molecule has 3 aromatic carbocycles. The molecule has 0 aromatic heterocycles. The van der Waals surface area contributed by atoms with E-state index in [4.69, 9.17) is 14.2 Å². The summed E-state index contributed by atoms with van der Waals surface area (Å²) in [7, 11) is 1.60. The van der Waals surface area contributed by atoms with Gasteiger partial charge >= 0.3 is 6.03 Å². The van der Waals surface area contributed by atoms with Crippen molar-refractivity contribution in [3.05, 3.63) is 90.0 Å². The van der Waals surface area contributed by atoms with E-state index < -0.39 is 17.8 Å². The number of carbonyl (C=O) groups excluding carboxylic acids is 3. The first-order chi connectivity index (χ1) is 16.5. The van der Waals surface area contributed by atoms with E-state index in [0.717, 1.165) is 10.6 Å². The summed E-state index contributed by atoms with van der Waals surface area (Å²) in [4.78, 5) is 38.3. The molecule has 3 aromatic rings. The van der Waals surface area contributed by atoms with Gasteiger partial charge in [-0.2, -0.15) is 0 Å². The highest BCUT2D eigenvalue weighted by atomic mass is 16.5. The molecule has 1 N–H and O–H groups in total. The zero-order valence-corrected chi connectivity index (χ0v) is 18.4. The number of amides is 4. The van der Waals surface area contributed by atoms with E-state index in [9.17, 15) is 14.4 Å². The van der Waals surface area contributed by atoms with Gasteiger partial charge in [-0.15, -0.1) is 0 Å². The van der Waals surface area contributed by atoms with Crippen LogP contribution in [0.2, 0.25) is 0 Å². The zero-order valence-electron chi connectivity index (χ0n) is 18.4. The molecule has 1 aliphatic rings. The van der Waals surface area contributed by atoms with Crippen LogP contribution < -0.4 is 24.4 Å². The molecule has 8 heteroatoms. The van der Waals surface area contributed by atoms with Crippen molar-refractivity contribution in [2.24, 2.45) is 0 Å². The molecule has 0 saturated carbocycles. The van der Waals surface area contributed by atoms with Gasteiger partial charge in [-0.05, 0) is 60.2 Å². The molecule has 0 radical (unpaired) electrons. The monoisotopic (exact) mass is 458 g/mol. The van der Waals surface area contributed by atoms with E-state index in [1.54, 1.807) is 61.7 Å². The third kappa shape index (κ3) is 5.24. The van der Waals surface area contributed by atoms with Gasteiger partial charge in [0.1, 0.15) is 36.0 Å². The summed E-state index contributed by atoms with van der Waals surface area (Å²) in [6.07, 6.45) is 1.44. The lowest BCUT2D eigenvalue weighted by Gasteiger charge is -2.26. The van der Waals surface area contributed by atoms with Crippen LogP contribution in [-0.2, 0) is 9.59 Å². The molecule has 0 spiro atoms. The number of carbonyl (C=O) groups is 3. The number of nitrogens with one attached hydrogen (secondary N) is 1. The molecule has 0 unspecified atom stereocenters. The summed E-state index contributed by atoms with van der Waals surface area (Å²) in [5.41, 5.74) is 0.858. The summed E-state index contributed by atoms with van der Waals surface area (Å²) in [5.74, 6) is 0.658. The zero-order chi connectivity index (χ0) is 23.9. The van der Waals surface area contributed by atoms with E-state index in [0.29, 0.717) is 36.0 Å². The second-order valence-electron chi connectivity index (χ2n) is 7.23. The minimum atomic E-state index is -0.779. The highest BCUT2D eigenvalue weighted by Crippen LogP contribution is 2.22. The predicted octanol–water partition coefficient (Wildman–Crippen LogP) is 3.82. The number of barbiturate groups is 1. The largest absolute Gasteiger partial charge is 0.497 e. The number of methoxy groups -OCH3 is 1. The molecule has 0 atom stereocenters.